The molecule has 1 saturated heterocycles. The third kappa shape index (κ3) is 3.23. The van der Waals surface area contributed by atoms with E-state index in [1.165, 1.54) is 6.07 Å². The Morgan fingerprint density at radius 2 is 1.85 bits per heavy atom. The number of benzene rings is 1. The molecule has 6 nitrogen and oxygen atoms in total. The lowest BCUT2D eigenvalue weighted by Crippen LogP contribution is -2.46. The van der Waals surface area contributed by atoms with Crippen molar-refractivity contribution in [2.75, 3.05) is 43.4 Å². The van der Waals surface area contributed by atoms with Crippen molar-refractivity contribution in [1.82, 2.24) is 4.90 Å². The van der Waals surface area contributed by atoms with Crippen LogP contribution >= 0.6 is 0 Å². The van der Waals surface area contributed by atoms with Crippen LogP contribution in [0.15, 0.2) is 23.1 Å². The summed E-state index contributed by atoms with van der Waals surface area (Å²) in [5.41, 5.74) is 6.99. The molecule has 20 heavy (non-hydrogen) atoms. The first-order valence-corrected chi connectivity index (χ1v) is 8.36. The van der Waals surface area contributed by atoms with Gasteiger partial charge in [0.25, 0.3) is 0 Å². The molecule has 1 aromatic carbocycles. The fourth-order valence-corrected chi connectivity index (χ4v) is 3.26. The highest BCUT2D eigenvalue weighted by Crippen LogP contribution is 2.29. The number of primary sulfonamides is 1. The van der Waals surface area contributed by atoms with Gasteiger partial charge in [0, 0.05) is 26.2 Å². The summed E-state index contributed by atoms with van der Waals surface area (Å²) in [4.78, 5) is 4.53. The largest absolute Gasteiger partial charge is 0.396 e. The van der Waals surface area contributed by atoms with E-state index in [1.54, 1.807) is 6.07 Å². The van der Waals surface area contributed by atoms with Crippen LogP contribution in [0, 0.1) is 0 Å². The molecular weight excluding hydrogens is 276 g/mol. The van der Waals surface area contributed by atoms with Crippen LogP contribution in [0.1, 0.15) is 13.3 Å². The van der Waals surface area contributed by atoms with Crippen molar-refractivity contribution in [3.05, 3.63) is 18.2 Å². The maximum Gasteiger partial charge on any atom is 0.240 e. The summed E-state index contributed by atoms with van der Waals surface area (Å²) in [6.07, 6.45) is 1.14. The second-order valence-corrected chi connectivity index (χ2v) is 6.59. The first kappa shape index (κ1) is 15.1. The van der Waals surface area contributed by atoms with Crippen LogP contribution in [0.3, 0.4) is 0 Å². The van der Waals surface area contributed by atoms with Crippen molar-refractivity contribution in [2.24, 2.45) is 5.14 Å². The topological polar surface area (TPSA) is 92.7 Å². The average Bonchev–Trinajstić information content (AvgIpc) is 2.39. The van der Waals surface area contributed by atoms with E-state index in [-0.39, 0.29) is 10.6 Å². The molecule has 7 heteroatoms. The number of para-hydroxylation sites is 1. The number of rotatable bonds is 4. The molecule has 1 aromatic rings. The average molecular weight is 298 g/mol. The molecular formula is C13H22N4O2S. The number of nitrogens with zero attached hydrogens (tertiary/aromatic N) is 2. The van der Waals surface area contributed by atoms with Crippen LogP contribution in [0.4, 0.5) is 11.4 Å². The van der Waals surface area contributed by atoms with E-state index < -0.39 is 10.0 Å². The molecule has 0 bridgehead atoms. The Kier molecular flexibility index (Phi) is 4.52. The number of hydrogen-bond acceptors (Lipinski definition) is 5. The lowest BCUT2D eigenvalue weighted by atomic mass is 10.2. The van der Waals surface area contributed by atoms with Gasteiger partial charge in [0.1, 0.15) is 4.90 Å². The number of piperazine rings is 1. The molecule has 0 amide bonds. The Morgan fingerprint density at radius 1 is 1.20 bits per heavy atom. The first-order valence-electron chi connectivity index (χ1n) is 6.82. The molecule has 1 fully saturated rings. The van der Waals surface area contributed by atoms with E-state index in [4.69, 9.17) is 10.9 Å². The zero-order valence-corrected chi connectivity index (χ0v) is 12.6. The van der Waals surface area contributed by atoms with Gasteiger partial charge in [-0.15, -0.1) is 0 Å². The normalized spacial score (nSPS) is 17.4. The first-order chi connectivity index (χ1) is 9.43. The summed E-state index contributed by atoms with van der Waals surface area (Å²) in [5, 5.41) is 5.18. The minimum atomic E-state index is -3.78. The Bertz CT molecular complexity index is 566. The van der Waals surface area contributed by atoms with Gasteiger partial charge >= 0.3 is 0 Å². The highest BCUT2D eigenvalue weighted by Gasteiger charge is 2.21. The van der Waals surface area contributed by atoms with Gasteiger partial charge in [0.2, 0.25) is 10.0 Å². The van der Waals surface area contributed by atoms with Crippen LogP contribution in [-0.2, 0) is 10.0 Å². The fourth-order valence-electron chi connectivity index (χ4n) is 2.58. The van der Waals surface area contributed by atoms with Crippen LogP contribution in [0.2, 0.25) is 0 Å². The molecule has 0 atom stereocenters. The number of hydrogen-bond donors (Lipinski definition) is 2. The van der Waals surface area contributed by atoms with E-state index in [1.807, 2.05) is 6.07 Å². The maximum atomic E-state index is 11.5. The smallest absolute Gasteiger partial charge is 0.240 e. The number of sulfonamides is 1. The van der Waals surface area contributed by atoms with Gasteiger partial charge in [0.15, 0.2) is 0 Å². The minimum absolute atomic E-state index is 0.00554. The van der Waals surface area contributed by atoms with Crippen molar-refractivity contribution in [1.29, 1.82) is 0 Å². The van der Waals surface area contributed by atoms with Crippen molar-refractivity contribution >= 4 is 21.4 Å². The molecule has 2 rings (SSSR count). The summed E-state index contributed by atoms with van der Waals surface area (Å²) in [6.45, 7) is 6.89. The third-order valence-electron chi connectivity index (χ3n) is 3.60. The second-order valence-electron chi connectivity index (χ2n) is 5.06. The SMILES string of the molecule is CCCN1CCN(c2cccc(S(N)(=O)=O)c2N)CC1. The summed E-state index contributed by atoms with van der Waals surface area (Å²) >= 11 is 0. The van der Waals surface area contributed by atoms with E-state index in [2.05, 4.69) is 16.7 Å². The highest BCUT2D eigenvalue weighted by atomic mass is 32.2. The Morgan fingerprint density at radius 3 is 2.40 bits per heavy atom. The Balaban J connectivity index is 2.19. The van der Waals surface area contributed by atoms with Gasteiger partial charge in [-0.25, -0.2) is 13.6 Å². The van der Waals surface area contributed by atoms with E-state index in [0.717, 1.165) is 44.8 Å². The van der Waals surface area contributed by atoms with Crippen molar-refractivity contribution in [3.63, 3.8) is 0 Å². The van der Waals surface area contributed by atoms with E-state index >= 15 is 0 Å². The van der Waals surface area contributed by atoms with Gasteiger partial charge in [-0.1, -0.05) is 13.0 Å². The molecule has 0 spiro atoms. The summed E-state index contributed by atoms with van der Waals surface area (Å²) in [7, 11) is -3.78. The van der Waals surface area contributed by atoms with E-state index in [0.29, 0.717) is 0 Å². The summed E-state index contributed by atoms with van der Waals surface area (Å²) < 4.78 is 23.0. The molecule has 4 N–H and O–H groups in total. The molecule has 1 heterocycles. The standard InChI is InChI=1S/C13H22N4O2S/c1-2-6-16-7-9-17(10-8-16)11-4-3-5-12(13(11)14)20(15,18)19/h3-5H,2,6-10,14H2,1H3,(H2,15,18,19). The molecule has 0 unspecified atom stereocenters. The highest BCUT2D eigenvalue weighted by molar-refractivity contribution is 7.89. The lowest BCUT2D eigenvalue weighted by molar-refractivity contribution is 0.258. The number of anilines is 2. The van der Waals surface area contributed by atoms with Gasteiger partial charge in [-0.2, -0.15) is 0 Å². The summed E-state index contributed by atoms with van der Waals surface area (Å²) in [6, 6.07) is 4.98. The minimum Gasteiger partial charge on any atom is -0.396 e. The second kappa shape index (κ2) is 5.99. The van der Waals surface area contributed by atoms with E-state index in [9.17, 15) is 8.42 Å². The van der Waals surface area contributed by atoms with Crippen LogP contribution < -0.4 is 15.8 Å². The molecule has 0 aromatic heterocycles. The summed E-state index contributed by atoms with van der Waals surface area (Å²) in [5.74, 6) is 0. The molecule has 1 aliphatic heterocycles. The predicted octanol–water partition coefficient (Wildman–Crippen LogP) is 0.448. The van der Waals surface area contributed by atoms with Crippen LogP contribution in [-0.4, -0.2) is 46.0 Å². The van der Waals surface area contributed by atoms with Gasteiger partial charge in [0.05, 0.1) is 11.4 Å². The van der Waals surface area contributed by atoms with Crippen LogP contribution in [0.25, 0.3) is 0 Å². The molecule has 112 valence electrons. The van der Waals surface area contributed by atoms with Gasteiger partial charge < -0.3 is 10.6 Å². The predicted molar refractivity (Wildman–Crippen MR) is 81.2 cm³/mol. The van der Waals surface area contributed by atoms with Crippen LogP contribution in [0.5, 0.6) is 0 Å². The van der Waals surface area contributed by atoms with Crippen molar-refractivity contribution < 1.29 is 8.42 Å². The zero-order valence-electron chi connectivity index (χ0n) is 11.7. The Labute approximate surface area is 120 Å². The quantitative estimate of drug-likeness (QED) is 0.787. The molecule has 1 aliphatic rings. The molecule has 0 aliphatic carbocycles. The fraction of sp³-hybridized carbons (Fsp3) is 0.538. The molecule has 0 radical (unpaired) electrons. The van der Waals surface area contributed by atoms with Crippen molar-refractivity contribution in [3.8, 4) is 0 Å². The van der Waals surface area contributed by atoms with Crippen molar-refractivity contribution in [2.45, 2.75) is 18.2 Å². The van der Waals surface area contributed by atoms with Gasteiger partial charge in [-0.05, 0) is 25.1 Å². The molecule has 0 saturated carbocycles. The van der Waals surface area contributed by atoms with Gasteiger partial charge in [-0.3, -0.25) is 4.90 Å². The number of nitrogens with two attached hydrogens (primary N) is 2. The lowest BCUT2D eigenvalue weighted by Gasteiger charge is -2.36. The Hall–Kier alpha value is -1.31. The third-order valence-corrected chi connectivity index (χ3v) is 4.57. The zero-order chi connectivity index (χ0) is 14.8. The number of nitrogen functional groups attached to an aromatic ring is 1. The maximum absolute atomic E-state index is 11.5. The monoisotopic (exact) mass is 298 g/mol.